The van der Waals surface area contributed by atoms with Crippen LogP contribution in [-0.4, -0.2) is 37.4 Å². The third-order valence-corrected chi connectivity index (χ3v) is 2.08. The summed E-state index contributed by atoms with van der Waals surface area (Å²) in [6, 6.07) is 1.81. The van der Waals surface area contributed by atoms with Crippen LogP contribution in [0.2, 0.25) is 0 Å². The molecule has 4 nitrogen and oxygen atoms in total. The lowest BCUT2D eigenvalue weighted by atomic mass is 10.4. The summed E-state index contributed by atoms with van der Waals surface area (Å²) in [7, 11) is 5.39. The van der Waals surface area contributed by atoms with Crippen LogP contribution in [0.15, 0.2) is 21.7 Å². The first kappa shape index (κ1) is 11.0. The van der Waals surface area contributed by atoms with Gasteiger partial charge in [0.25, 0.3) is 0 Å². The van der Waals surface area contributed by atoms with Crippen molar-refractivity contribution in [3.8, 4) is 5.75 Å². The Hall–Kier alpha value is -1.10. The number of rotatable bonds is 3. The number of ether oxygens (including phenoxy) is 1. The van der Waals surface area contributed by atoms with Gasteiger partial charge in [0.2, 0.25) is 0 Å². The second kappa shape index (κ2) is 4.95. The van der Waals surface area contributed by atoms with Gasteiger partial charge in [-0.2, -0.15) is 0 Å². The molecule has 1 heterocycles. The van der Waals surface area contributed by atoms with Gasteiger partial charge >= 0.3 is 0 Å². The molecule has 0 bridgehead atoms. The van der Waals surface area contributed by atoms with Gasteiger partial charge in [0.1, 0.15) is 0 Å². The molecule has 1 rings (SSSR count). The van der Waals surface area contributed by atoms with E-state index in [9.17, 15) is 0 Å². The van der Waals surface area contributed by atoms with Crippen LogP contribution in [0.5, 0.6) is 5.75 Å². The van der Waals surface area contributed by atoms with Gasteiger partial charge in [-0.05, 0) is 22.0 Å². The summed E-state index contributed by atoms with van der Waals surface area (Å²) in [5.74, 6) is 1.21. The predicted octanol–water partition coefficient (Wildman–Crippen LogP) is 2.07. The molecule has 76 valence electrons. The number of hydrogen-bond donors (Lipinski definition) is 0. The molecule has 0 spiro atoms. The fourth-order valence-corrected chi connectivity index (χ4v) is 1.32. The summed E-state index contributed by atoms with van der Waals surface area (Å²) in [6.07, 6.45) is 3.35. The Morgan fingerprint density at radius 1 is 1.57 bits per heavy atom. The fraction of sp³-hybridized carbons (Fsp3) is 0.333. The van der Waals surface area contributed by atoms with E-state index in [1.807, 2.05) is 25.1 Å². The minimum Gasteiger partial charge on any atom is -0.492 e. The number of nitrogens with zero attached hydrogens (tertiary/aromatic N) is 3. The average molecular weight is 258 g/mol. The molecule has 1 aromatic heterocycles. The van der Waals surface area contributed by atoms with Gasteiger partial charge in [0.05, 0.1) is 17.9 Å². The Morgan fingerprint density at radius 2 is 2.29 bits per heavy atom. The molecule has 0 saturated carbocycles. The zero-order chi connectivity index (χ0) is 10.6. The third-order valence-electron chi connectivity index (χ3n) is 1.45. The van der Waals surface area contributed by atoms with Crippen LogP contribution in [0.25, 0.3) is 0 Å². The maximum atomic E-state index is 5.17. The van der Waals surface area contributed by atoms with Gasteiger partial charge in [-0.25, -0.2) is 9.98 Å². The summed E-state index contributed by atoms with van der Waals surface area (Å²) in [4.78, 5) is 10.1. The molecular weight excluding hydrogens is 246 g/mol. The molecule has 0 saturated heterocycles. The quantitative estimate of drug-likeness (QED) is 0.615. The predicted molar refractivity (Wildman–Crippen MR) is 60.3 cm³/mol. The Labute approximate surface area is 91.7 Å². The second-order valence-electron chi connectivity index (χ2n) is 2.86. The number of aliphatic imine (C=N–C) groups is 1. The molecule has 0 amide bonds. The molecular formula is C9H12BrN3O. The molecule has 5 heteroatoms. The largest absolute Gasteiger partial charge is 0.492 e. The molecule has 14 heavy (non-hydrogen) atoms. The van der Waals surface area contributed by atoms with Crippen LogP contribution in [-0.2, 0) is 0 Å². The van der Waals surface area contributed by atoms with Crippen LogP contribution in [0.1, 0.15) is 0 Å². The second-order valence-corrected chi connectivity index (χ2v) is 3.71. The van der Waals surface area contributed by atoms with Crippen molar-refractivity contribution in [2.24, 2.45) is 4.99 Å². The average Bonchev–Trinajstić information content (AvgIpc) is 2.14. The molecule has 0 aliphatic carbocycles. The van der Waals surface area contributed by atoms with E-state index in [0.29, 0.717) is 11.6 Å². The van der Waals surface area contributed by atoms with Crippen LogP contribution in [0.4, 0.5) is 5.82 Å². The summed E-state index contributed by atoms with van der Waals surface area (Å²) < 4.78 is 6.01. The highest BCUT2D eigenvalue weighted by Crippen LogP contribution is 2.32. The molecule has 0 radical (unpaired) electrons. The van der Waals surface area contributed by atoms with E-state index in [0.717, 1.165) is 4.47 Å². The van der Waals surface area contributed by atoms with Crippen LogP contribution in [0.3, 0.4) is 0 Å². The van der Waals surface area contributed by atoms with Gasteiger partial charge in [-0.1, -0.05) is 0 Å². The molecule has 0 N–H and O–H groups in total. The first-order chi connectivity index (χ1) is 6.65. The van der Waals surface area contributed by atoms with E-state index >= 15 is 0 Å². The summed E-state index contributed by atoms with van der Waals surface area (Å²) in [5, 5.41) is 0. The van der Waals surface area contributed by atoms with Gasteiger partial charge in [0.15, 0.2) is 11.6 Å². The lowest BCUT2D eigenvalue weighted by Crippen LogP contribution is -2.07. The van der Waals surface area contributed by atoms with E-state index < -0.39 is 0 Å². The maximum absolute atomic E-state index is 5.17. The molecule has 1 aromatic rings. The fourth-order valence-electron chi connectivity index (χ4n) is 0.865. The van der Waals surface area contributed by atoms with Crippen molar-refractivity contribution in [3.05, 3.63) is 16.7 Å². The molecule has 0 fully saturated rings. The van der Waals surface area contributed by atoms with Gasteiger partial charge < -0.3 is 9.64 Å². The molecule has 0 unspecified atom stereocenters. The summed E-state index contributed by atoms with van der Waals surface area (Å²) in [5.41, 5.74) is 0. The highest BCUT2D eigenvalue weighted by atomic mass is 79.9. The van der Waals surface area contributed by atoms with Crippen molar-refractivity contribution in [3.63, 3.8) is 0 Å². The third kappa shape index (κ3) is 2.70. The van der Waals surface area contributed by atoms with Crippen LogP contribution < -0.4 is 4.74 Å². The van der Waals surface area contributed by atoms with Crippen molar-refractivity contribution in [1.82, 2.24) is 9.88 Å². The van der Waals surface area contributed by atoms with E-state index in [1.54, 1.807) is 19.6 Å². The maximum Gasteiger partial charge on any atom is 0.197 e. The van der Waals surface area contributed by atoms with E-state index in [-0.39, 0.29) is 0 Å². The minimum absolute atomic E-state index is 0.565. The lowest BCUT2D eigenvalue weighted by molar-refractivity contribution is 0.412. The van der Waals surface area contributed by atoms with Crippen molar-refractivity contribution in [2.75, 3.05) is 21.2 Å². The zero-order valence-electron chi connectivity index (χ0n) is 8.36. The Kier molecular flexibility index (Phi) is 3.88. The molecule has 0 atom stereocenters. The Balaban J connectivity index is 3.02. The topological polar surface area (TPSA) is 37.7 Å². The van der Waals surface area contributed by atoms with Crippen molar-refractivity contribution >= 4 is 28.1 Å². The first-order valence-corrected chi connectivity index (χ1v) is 4.83. The molecule has 0 aliphatic rings. The van der Waals surface area contributed by atoms with Gasteiger partial charge in [-0.3, -0.25) is 0 Å². The lowest BCUT2D eigenvalue weighted by Gasteiger charge is -2.06. The van der Waals surface area contributed by atoms with Gasteiger partial charge in [-0.15, -0.1) is 0 Å². The normalized spacial score (nSPS) is 10.6. The monoisotopic (exact) mass is 257 g/mol. The standard InChI is InChI=1S/C9H12BrN3O/c1-13(2)6-12-9-8(14-3)7(10)4-5-11-9/h4-6H,1-3H3. The van der Waals surface area contributed by atoms with Crippen molar-refractivity contribution < 1.29 is 4.74 Å². The SMILES string of the molecule is COc1c(Br)ccnc1N=CN(C)C. The van der Waals surface area contributed by atoms with E-state index in [1.165, 1.54) is 0 Å². The highest BCUT2D eigenvalue weighted by molar-refractivity contribution is 9.10. The summed E-state index contributed by atoms with van der Waals surface area (Å²) >= 11 is 3.36. The van der Waals surface area contributed by atoms with E-state index in [4.69, 9.17) is 4.74 Å². The number of halogens is 1. The first-order valence-electron chi connectivity index (χ1n) is 4.04. The minimum atomic E-state index is 0.565. The number of aromatic nitrogens is 1. The molecule has 0 aliphatic heterocycles. The zero-order valence-corrected chi connectivity index (χ0v) is 9.95. The van der Waals surface area contributed by atoms with Crippen molar-refractivity contribution in [1.29, 1.82) is 0 Å². The van der Waals surface area contributed by atoms with Crippen molar-refractivity contribution in [2.45, 2.75) is 0 Å². The number of hydrogen-bond acceptors (Lipinski definition) is 3. The van der Waals surface area contributed by atoms with E-state index in [2.05, 4.69) is 25.9 Å². The number of methoxy groups -OCH3 is 1. The molecule has 0 aromatic carbocycles. The summed E-state index contributed by atoms with van der Waals surface area (Å²) in [6.45, 7) is 0. The van der Waals surface area contributed by atoms with Crippen LogP contribution in [0, 0.1) is 0 Å². The van der Waals surface area contributed by atoms with Crippen LogP contribution >= 0.6 is 15.9 Å². The number of pyridine rings is 1. The smallest absolute Gasteiger partial charge is 0.197 e. The highest BCUT2D eigenvalue weighted by Gasteiger charge is 2.06. The Morgan fingerprint density at radius 3 is 2.86 bits per heavy atom. The Bertz CT molecular complexity index is 339. The van der Waals surface area contributed by atoms with Gasteiger partial charge in [0, 0.05) is 20.3 Å².